The third kappa shape index (κ3) is 4.35. The molecule has 1 aliphatic carbocycles. The molecule has 176 valence electrons. The van der Waals surface area contributed by atoms with Gasteiger partial charge >= 0.3 is 0 Å². The van der Waals surface area contributed by atoms with E-state index in [9.17, 15) is 4.79 Å². The first-order valence-electron chi connectivity index (χ1n) is 12.5. The van der Waals surface area contributed by atoms with Gasteiger partial charge in [0.15, 0.2) is 0 Å². The maximum Gasteiger partial charge on any atom is 0.257 e. The van der Waals surface area contributed by atoms with Gasteiger partial charge in [0.05, 0.1) is 12.7 Å². The molecule has 2 aromatic rings. The summed E-state index contributed by atoms with van der Waals surface area (Å²) in [6.45, 7) is 10.3. The summed E-state index contributed by atoms with van der Waals surface area (Å²) in [5.74, 6) is 0.682. The smallest absolute Gasteiger partial charge is 0.257 e. The van der Waals surface area contributed by atoms with Crippen molar-refractivity contribution in [2.24, 2.45) is 0 Å². The molecule has 0 atom stereocenters. The average molecular weight is 448 g/mol. The molecule has 1 amide bonds. The maximum atomic E-state index is 13.5. The van der Waals surface area contributed by atoms with E-state index in [1.54, 1.807) is 7.11 Å². The van der Waals surface area contributed by atoms with Crippen molar-refractivity contribution in [3.63, 3.8) is 0 Å². The molecule has 0 radical (unpaired) electrons. The number of rotatable bonds is 4. The number of piperazine rings is 1. The molecule has 0 unspecified atom stereocenters. The number of ether oxygens (including phenoxy) is 1. The number of carbonyl (C=O) groups excluding carboxylic acids is 1. The summed E-state index contributed by atoms with van der Waals surface area (Å²) in [6, 6.07) is 15.3. The molecule has 33 heavy (non-hydrogen) atoms. The van der Waals surface area contributed by atoms with Gasteiger partial charge in [0.25, 0.3) is 5.91 Å². The van der Waals surface area contributed by atoms with Gasteiger partial charge in [0.1, 0.15) is 5.75 Å². The highest BCUT2D eigenvalue weighted by molar-refractivity contribution is 5.97. The Morgan fingerprint density at radius 3 is 2.45 bits per heavy atom. The van der Waals surface area contributed by atoms with Gasteiger partial charge in [-0.3, -0.25) is 9.69 Å². The molecule has 5 heteroatoms. The van der Waals surface area contributed by atoms with Crippen molar-refractivity contribution >= 4 is 11.6 Å². The van der Waals surface area contributed by atoms with Gasteiger partial charge in [0.2, 0.25) is 0 Å². The zero-order valence-corrected chi connectivity index (χ0v) is 20.3. The van der Waals surface area contributed by atoms with Crippen LogP contribution in [-0.4, -0.2) is 61.6 Å². The van der Waals surface area contributed by atoms with Crippen LogP contribution < -0.4 is 9.64 Å². The van der Waals surface area contributed by atoms with Crippen LogP contribution in [0.4, 0.5) is 5.69 Å². The first-order chi connectivity index (χ1) is 16.0. The van der Waals surface area contributed by atoms with Crippen LogP contribution >= 0.6 is 0 Å². The Kier molecular flexibility index (Phi) is 6.09. The van der Waals surface area contributed by atoms with E-state index >= 15 is 0 Å². The minimum atomic E-state index is -0.0923. The van der Waals surface area contributed by atoms with E-state index in [2.05, 4.69) is 41.8 Å². The zero-order chi connectivity index (χ0) is 23.0. The lowest BCUT2D eigenvalue weighted by atomic mass is 9.78. The Morgan fingerprint density at radius 2 is 1.73 bits per heavy atom. The van der Waals surface area contributed by atoms with Crippen LogP contribution in [0.2, 0.25) is 0 Å². The summed E-state index contributed by atoms with van der Waals surface area (Å²) in [4.78, 5) is 20.7. The van der Waals surface area contributed by atoms with Crippen molar-refractivity contribution in [3.8, 4) is 5.75 Å². The van der Waals surface area contributed by atoms with Crippen LogP contribution in [0.25, 0.3) is 0 Å². The van der Waals surface area contributed by atoms with E-state index in [4.69, 9.17) is 4.74 Å². The second-order valence-corrected chi connectivity index (χ2v) is 10.5. The standard InChI is InChI=1S/C28H37N3O2/c1-28(2)20-31(27(32)24-10-6-7-11-26(24)33-3)19-21-18-23(12-13-25(21)28)30-16-14-29(15-17-30)22-8-4-5-9-22/h6-7,10-13,18,22H,4-5,8-9,14-17,19-20H2,1-3H3. The van der Waals surface area contributed by atoms with Gasteiger partial charge in [0, 0.05) is 56.4 Å². The fourth-order valence-corrected chi connectivity index (χ4v) is 6.14. The molecule has 0 N–H and O–H groups in total. The second kappa shape index (κ2) is 9.02. The van der Waals surface area contributed by atoms with Crippen molar-refractivity contribution in [1.29, 1.82) is 0 Å². The van der Waals surface area contributed by atoms with Gasteiger partial charge in [-0.05, 0) is 48.2 Å². The quantitative estimate of drug-likeness (QED) is 0.681. The predicted molar refractivity (Wildman–Crippen MR) is 133 cm³/mol. The lowest BCUT2D eigenvalue weighted by Gasteiger charge is -2.42. The summed E-state index contributed by atoms with van der Waals surface area (Å²) in [5.41, 5.74) is 4.47. The summed E-state index contributed by atoms with van der Waals surface area (Å²) in [5, 5.41) is 0. The van der Waals surface area contributed by atoms with Crippen LogP contribution in [0.5, 0.6) is 5.75 Å². The van der Waals surface area contributed by atoms with Crippen LogP contribution in [0.3, 0.4) is 0 Å². The SMILES string of the molecule is COc1ccccc1C(=O)N1Cc2cc(N3CCN(C4CCCC4)CC3)ccc2C(C)(C)C1. The molecule has 0 aromatic heterocycles. The minimum Gasteiger partial charge on any atom is -0.496 e. The first kappa shape index (κ1) is 22.3. The third-order valence-corrected chi connectivity index (χ3v) is 7.91. The van der Waals surface area contributed by atoms with E-state index in [-0.39, 0.29) is 11.3 Å². The fraction of sp³-hybridized carbons (Fsp3) is 0.536. The van der Waals surface area contributed by atoms with Gasteiger partial charge in [-0.25, -0.2) is 0 Å². The lowest BCUT2D eigenvalue weighted by Crippen LogP contribution is -2.50. The number of benzene rings is 2. The van der Waals surface area contributed by atoms with Crippen molar-refractivity contribution in [2.45, 2.75) is 57.5 Å². The number of carbonyl (C=O) groups is 1. The molecule has 2 aromatic carbocycles. The Hall–Kier alpha value is -2.53. The van der Waals surface area contributed by atoms with Gasteiger partial charge in [-0.2, -0.15) is 0 Å². The molecule has 5 nitrogen and oxygen atoms in total. The molecule has 2 fully saturated rings. The molecule has 1 saturated carbocycles. The first-order valence-corrected chi connectivity index (χ1v) is 12.5. The zero-order valence-electron chi connectivity index (χ0n) is 20.3. The number of fused-ring (bicyclic) bond motifs is 1. The predicted octanol–water partition coefficient (Wildman–Crippen LogP) is 4.69. The van der Waals surface area contributed by atoms with Crippen molar-refractivity contribution in [1.82, 2.24) is 9.80 Å². The Labute approximate surface area is 198 Å². The summed E-state index contributed by atoms with van der Waals surface area (Å²) < 4.78 is 5.46. The summed E-state index contributed by atoms with van der Waals surface area (Å²) >= 11 is 0. The molecule has 0 bridgehead atoms. The average Bonchev–Trinajstić information content (AvgIpc) is 3.38. The number of hydrogen-bond donors (Lipinski definition) is 0. The highest BCUT2D eigenvalue weighted by atomic mass is 16.5. The third-order valence-electron chi connectivity index (χ3n) is 7.91. The molecule has 3 aliphatic rings. The molecular weight excluding hydrogens is 410 g/mol. The van der Waals surface area contributed by atoms with Crippen LogP contribution in [0, 0.1) is 0 Å². The minimum absolute atomic E-state index is 0.0433. The number of nitrogens with zero attached hydrogens (tertiary/aromatic N) is 3. The molecule has 2 aliphatic heterocycles. The molecule has 1 saturated heterocycles. The fourth-order valence-electron chi connectivity index (χ4n) is 6.14. The molecule has 5 rings (SSSR count). The number of para-hydroxylation sites is 1. The maximum absolute atomic E-state index is 13.5. The van der Waals surface area contributed by atoms with E-state index in [0.29, 0.717) is 24.4 Å². The van der Waals surface area contributed by atoms with E-state index < -0.39 is 0 Å². The number of anilines is 1. The van der Waals surface area contributed by atoms with Gasteiger partial charge in [-0.15, -0.1) is 0 Å². The Balaban J connectivity index is 1.34. The highest BCUT2D eigenvalue weighted by Crippen LogP contribution is 2.37. The molecule has 2 heterocycles. The molecule has 0 spiro atoms. The highest BCUT2D eigenvalue weighted by Gasteiger charge is 2.35. The van der Waals surface area contributed by atoms with Crippen molar-refractivity contribution in [3.05, 3.63) is 59.2 Å². The molecular formula is C28H37N3O2. The number of amides is 1. The summed E-state index contributed by atoms with van der Waals surface area (Å²) in [7, 11) is 1.63. The van der Waals surface area contributed by atoms with Gasteiger partial charge in [-0.1, -0.05) is 44.9 Å². The monoisotopic (exact) mass is 447 g/mol. The second-order valence-electron chi connectivity index (χ2n) is 10.5. The van der Waals surface area contributed by atoms with Crippen molar-refractivity contribution < 1.29 is 9.53 Å². The topological polar surface area (TPSA) is 36.0 Å². The van der Waals surface area contributed by atoms with Crippen LogP contribution in [0.15, 0.2) is 42.5 Å². The Morgan fingerprint density at radius 1 is 1.00 bits per heavy atom. The van der Waals surface area contributed by atoms with Gasteiger partial charge < -0.3 is 14.5 Å². The normalized spacial score (nSPS) is 21.2. The van der Waals surface area contributed by atoms with E-state index in [1.165, 1.54) is 42.5 Å². The lowest BCUT2D eigenvalue weighted by molar-refractivity contribution is 0.0683. The van der Waals surface area contributed by atoms with E-state index in [1.807, 2.05) is 29.2 Å². The summed E-state index contributed by atoms with van der Waals surface area (Å²) in [6.07, 6.45) is 5.55. The largest absolute Gasteiger partial charge is 0.496 e. The van der Waals surface area contributed by atoms with Crippen LogP contribution in [-0.2, 0) is 12.0 Å². The van der Waals surface area contributed by atoms with E-state index in [0.717, 1.165) is 32.2 Å². The number of methoxy groups -OCH3 is 1. The number of hydrogen-bond acceptors (Lipinski definition) is 4. The van der Waals surface area contributed by atoms with Crippen LogP contribution in [0.1, 0.15) is 61.0 Å². The van der Waals surface area contributed by atoms with Crippen molar-refractivity contribution in [2.75, 3.05) is 44.7 Å². The Bertz CT molecular complexity index is 1000.